The lowest BCUT2D eigenvalue weighted by Crippen LogP contribution is -2.50. The molecule has 0 unspecified atom stereocenters. The highest BCUT2D eigenvalue weighted by atomic mass is 32.2. The van der Waals surface area contributed by atoms with Crippen LogP contribution >= 0.6 is 0 Å². The number of carbonyl (C=O) groups is 2. The molecule has 0 bridgehead atoms. The first kappa shape index (κ1) is 24.4. The number of hydrogen-bond acceptors (Lipinski definition) is 5. The van der Waals surface area contributed by atoms with Crippen molar-refractivity contribution in [3.8, 4) is 0 Å². The zero-order valence-electron chi connectivity index (χ0n) is 18.8. The molecule has 0 saturated carbocycles. The summed E-state index contributed by atoms with van der Waals surface area (Å²) in [5, 5.41) is 2.86. The third-order valence-corrected chi connectivity index (χ3v) is 7.69. The topological polar surface area (TPSA) is 96.0 Å². The van der Waals surface area contributed by atoms with Crippen LogP contribution in [0.25, 0.3) is 0 Å². The maximum Gasteiger partial charge on any atom is 0.407 e. The first-order valence-corrected chi connectivity index (χ1v) is 12.4. The standard InChI is InChI=1S/C22H32FN3O5S/c1-22(2,3)31-21(28)24-18-10-12-25(13-11-18)20(27)16-8-14-26(15-9-16)32(29,30)19-6-4-17(23)5-7-19/h4-7,16,18H,8-15H2,1-3H3,(H,24,28). The molecule has 1 aromatic carbocycles. The van der Waals surface area contributed by atoms with E-state index in [1.165, 1.54) is 16.4 Å². The van der Waals surface area contributed by atoms with Crippen molar-refractivity contribution in [1.29, 1.82) is 0 Å². The van der Waals surface area contributed by atoms with E-state index in [0.717, 1.165) is 12.1 Å². The number of alkyl carbamates (subject to hydrolysis) is 1. The number of hydrogen-bond donors (Lipinski definition) is 1. The number of carbonyl (C=O) groups excluding carboxylic acids is 2. The van der Waals surface area contributed by atoms with E-state index in [2.05, 4.69) is 5.32 Å². The number of amides is 2. The van der Waals surface area contributed by atoms with Crippen molar-refractivity contribution in [1.82, 2.24) is 14.5 Å². The summed E-state index contributed by atoms with van der Waals surface area (Å²) in [5.74, 6) is -0.664. The summed E-state index contributed by atoms with van der Waals surface area (Å²) in [5.41, 5.74) is -0.556. The molecular weight excluding hydrogens is 437 g/mol. The molecule has 2 saturated heterocycles. The molecular formula is C22H32FN3O5S. The molecule has 0 aliphatic carbocycles. The third-order valence-electron chi connectivity index (χ3n) is 5.78. The van der Waals surface area contributed by atoms with Crippen molar-refractivity contribution in [3.05, 3.63) is 30.1 Å². The van der Waals surface area contributed by atoms with E-state index in [9.17, 15) is 22.4 Å². The Morgan fingerprint density at radius 2 is 1.56 bits per heavy atom. The van der Waals surface area contributed by atoms with Gasteiger partial charge in [0.2, 0.25) is 15.9 Å². The van der Waals surface area contributed by atoms with Gasteiger partial charge >= 0.3 is 6.09 Å². The van der Waals surface area contributed by atoms with E-state index in [1.807, 2.05) is 25.7 Å². The smallest absolute Gasteiger partial charge is 0.407 e. The predicted molar refractivity (Wildman–Crippen MR) is 117 cm³/mol. The Hall–Kier alpha value is -2.20. The zero-order valence-corrected chi connectivity index (χ0v) is 19.7. The number of piperidine rings is 2. The van der Waals surface area contributed by atoms with Crippen molar-refractivity contribution in [2.45, 2.75) is 63.0 Å². The summed E-state index contributed by atoms with van der Waals surface area (Å²) in [6.45, 7) is 7.04. The van der Waals surface area contributed by atoms with Crippen LogP contribution in [-0.4, -0.2) is 67.4 Å². The van der Waals surface area contributed by atoms with Gasteiger partial charge in [0.1, 0.15) is 11.4 Å². The van der Waals surface area contributed by atoms with Crippen LogP contribution < -0.4 is 5.32 Å². The largest absolute Gasteiger partial charge is 0.444 e. The molecule has 32 heavy (non-hydrogen) atoms. The van der Waals surface area contributed by atoms with E-state index in [0.29, 0.717) is 38.8 Å². The molecule has 1 N–H and O–H groups in total. The Kier molecular flexibility index (Phi) is 7.44. The van der Waals surface area contributed by atoms with Gasteiger partial charge in [0.25, 0.3) is 0 Å². The van der Waals surface area contributed by atoms with Crippen LogP contribution in [0.15, 0.2) is 29.2 Å². The van der Waals surface area contributed by atoms with E-state index in [4.69, 9.17) is 4.74 Å². The molecule has 2 aliphatic heterocycles. The number of rotatable bonds is 4. The Morgan fingerprint density at radius 1 is 1.00 bits per heavy atom. The summed E-state index contributed by atoms with van der Waals surface area (Å²) in [6, 6.07) is 4.75. The summed E-state index contributed by atoms with van der Waals surface area (Å²) in [7, 11) is -3.70. The number of sulfonamides is 1. The Bertz CT molecular complexity index is 914. The summed E-state index contributed by atoms with van der Waals surface area (Å²) in [4.78, 5) is 26.7. The van der Waals surface area contributed by atoms with Gasteiger partial charge in [-0.2, -0.15) is 4.31 Å². The van der Waals surface area contributed by atoms with Crippen LogP contribution in [-0.2, 0) is 19.6 Å². The molecule has 0 spiro atoms. The summed E-state index contributed by atoms with van der Waals surface area (Å²) in [6.07, 6.45) is 1.77. The number of benzene rings is 1. The van der Waals surface area contributed by atoms with Crippen molar-refractivity contribution < 1.29 is 27.1 Å². The second kappa shape index (κ2) is 9.74. The normalized spacial score (nSPS) is 19.6. The molecule has 0 aromatic heterocycles. The molecule has 8 nitrogen and oxygen atoms in total. The van der Waals surface area contributed by atoms with Gasteiger partial charge in [-0.25, -0.2) is 17.6 Å². The van der Waals surface area contributed by atoms with Gasteiger partial charge in [-0.1, -0.05) is 0 Å². The zero-order chi connectivity index (χ0) is 23.5. The highest BCUT2D eigenvalue weighted by Crippen LogP contribution is 2.26. The molecule has 0 radical (unpaired) electrons. The van der Waals surface area contributed by atoms with Gasteiger partial charge in [0, 0.05) is 38.1 Å². The fourth-order valence-electron chi connectivity index (χ4n) is 4.08. The van der Waals surface area contributed by atoms with E-state index in [1.54, 1.807) is 0 Å². The lowest BCUT2D eigenvalue weighted by Gasteiger charge is -2.37. The number of halogens is 1. The molecule has 2 amide bonds. The highest BCUT2D eigenvalue weighted by Gasteiger charge is 2.35. The van der Waals surface area contributed by atoms with Gasteiger partial charge in [-0.15, -0.1) is 0 Å². The molecule has 2 heterocycles. The maximum atomic E-state index is 13.1. The van der Waals surface area contributed by atoms with E-state index >= 15 is 0 Å². The van der Waals surface area contributed by atoms with Gasteiger partial charge in [0.05, 0.1) is 4.90 Å². The third kappa shape index (κ3) is 6.19. The van der Waals surface area contributed by atoms with Gasteiger partial charge in [-0.05, 0) is 70.7 Å². The van der Waals surface area contributed by atoms with Gasteiger partial charge in [-0.3, -0.25) is 4.79 Å². The number of ether oxygens (including phenoxy) is 1. The number of nitrogens with zero attached hydrogens (tertiary/aromatic N) is 2. The molecule has 0 atom stereocenters. The molecule has 1 aromatic rings. The summed E-state index contributed by atoms with van der Waals surface area (Å²) >= 11 is 0. The molecule has 2 aliphatic rings. The Labute approximate surface area is 189 Å². The minimum Gasteiger partial charge on any atom is -0.444 e. The van der Waals surface area contributed by atoms with Gasteiger partial charge in [0.15, 0.2) is 0 Å². The fraction of sp³-hybridized carbons (Fsp3) is 0.636. The maximum absolute atomic E-state index is 13.1. The number of nitrogens with one attached hydrogen (secondary N) is 1. The fourth-order valence-corrected chi connectivity index (χ4v) is 5.55. The van der Waals surface area contributed by atoms with Crippen LogP contribution in [0.4, 0.5) is 9.18 Å². The van der Waals surface area contributed by atoms with E-state index < -0.39 is 27.5 Å². The lowest BCUT2D eigenvalue weighted by atomic mass is 9.95. The van der Waals surface area contributed by atoms with Crippen molar-refractivity contribution in [3.63, 3.8) is 0 Å². The molecule has 2 fully saturated rings. The van der Waals surface area contributed by atoms with Crippen LogP contribution in [0.3, 0.4) is 0 Å². The minimum atomic E-state index is -3.70. The van der Waals surface area contributed by atoms with E-state index in [-0.39, 0.29) is 35.9 Å². The Balaban J connectivity index is 1.47. The first-order chi connectivity index (χ1) is 15.0. The molecule has 10 heteroatoms. The average Bonchev–Trinajstić information content (AvgIpc) is 2.73. The van der Waals surface area contributed by atoms with Crippen LogP contribution in [0.1, 0.15) is 46.5 Å². The SMILES string of the molecule is CC(C)(C)OC(=O)NC1CCN(C(=O)C2CCN(S(=O)(=O)c3ccc(F)cc3)CC2)CC1. The van der Waals surface area contributed by atoms with Crippen molar-refractivity contribution >= 4 is 22.0 Å². The summed E-state index contributed by atoms with van der Waals surface area (Å²) < 4.78 is 45.3. The lowest BCUT2D eigenvalue weighted by molar-refractivity contribution is -0.137. The van der Waals surface area contributed by atoms with Crippen LogP contribution in [0.5, 0.6) is 0 Å². The molecule has 178 valence electrons. The first-order valence-electron chi connectivity index (χ1n) is 11.0. The monoisotopic (exact) mass is 469 g/mol. The Morgan fingerprint density at radius 3 is 2.09 bits per heavy atom. The second-order valence-electron chi connectivity index (χ2n) is 9.38. The quantitative estimate of drug-likeness (QED) is 0.732. The van der Waals surface area contributed by atoms with Gasteiger partial charge < -0.3 is 15.0 Å². The second-order valence-corrected chi connectivity index (χ2v) is 11.3. The highest BCUT2D eigenvalue weighted by molar-refractivity contribution is 7.89. The number of likely N-dealkylation sites (tertiary alicyclic amines) is 1. The molecule has 3 rings (SSSR count). The minimum absolute atomic E-state index is 0.0309. The average molecular weight is 470 g/mol. The van der Waals surface area contributed by atoms with Crippen LogP contribution in [0.2, 0.25) is 0 Å². The van der Waals surface area contributed by atoms with Crippen molar-refractivity contribution in [2.75, 3.05) is 26.2 Å². The van der Waals surface area contributed by atoms with Crippen LogP contribution in [0, 0.1) is 11.7 Å². The predicted octanol–water partition coefficient (Wildman–Crippen LogP) is 2.74. The van der Waals surface area contributed by atoms with Crippen molar-refractivity contribution in [2.24, 2.45) is 5.92 Å².